The van der Waals surface area contributed by atoms with Gasteiger partial charge in [0.2, 0.25) is 0 Å². The van der Waals surface area contributed by atoms with Gasteiger partial charge in [0.05, 0.1) is 18.1 Å². The van der Waals surface area contributed by atoms with Crippen LogP contribution in [0.25, 0.3) is 22.4 Å². The molecule has 5 rings (SSSR count). The van der Waals surface area contributed by atoms with Gasteiger partial charge >= 0.3 is 0 Å². The van der Waals surface area contributed by atoms with Crippen molar-refractivity contribution in [3.63, 3.8) is 0 Å². The average molecular weight is 495 g/mol. The quantitative estimate of drug-likeness (QED) is 0.351. The lowest BCUT2D eigenvalue weighted by molar-refractivity contribution is 0.0946. The summed E-state index contributed by atoms with van der Waals surface area (Å²) in [6, 6.07) is 11.6. The highest BCUT2D eigenvalue weighted by Crippen LogP contribution is 2.30. The van der Waals surface area contributed by atoms with Crippen molar-refractivity contribution < 1.29 is 18.0 Å². The second-order valence-corrected chi connectivity index (χ2v) is 8.24. The molecule has 2 N–H and O–H groups in total. The molecule has 0 bridgehead atoms. The predicted octanol–water partition coefficient (Wildman–Crippen LogP) is 4.89. The highest BCUT2D eigenvalue weighted by molar-refractivity contribution is 6.31. The van der Waals surface area contributed by atoms with Gasteiger partial charge in [0.25, 0.3) is 11.5 Å². The number of hydrogen-bond acceptors (Lipinski definition) is 4. The van der Waals surface area contributed by atoms with Gasteiger partial charge in [0, 0.05) is 29.5 Å². The Morgan fingerprint density at radius 3 is 2.83 bits per heavy atom. The van der Waals surface area contributed by atoms with Crippen molar-refractivity contribution in [1.29, 1.82) is 0 Å². The Morgan fingerprint density at radius 2 is 2.00 bits per heavy atom. The van der Waals surface area contributed by atoms with Gasteiger partial charge in [-0.3, -0.25) is 9.59 Å². The van der Waals surface area contributed by atoms with Crippen LogP contribution >= 0.6 is 11.6 Å². The highest BCUT2D eigenvalue weighted by atomic mass is 35.5. The van der Waals surface area contributed by atoms with Crippen LogP contribution in [0.1, 0.15) is 21.7 Å². The van der Waals surface area contributed by atoms with Crippen molar-refractivity contribution in [2.45, 2.75) is 13.1 Å². The van der Waals surface area contributed by atoms with Gasteiger partial charge in [-0.1, -0.05) is 17.7 Å². The zero-order valence-electron chi connectivity index (χ0n) is 18.0. The van der Waals surface area contributed by atoms with E-state index >= 15 is 0 Å². The Morgan fingerprint density at radius 1 is 1.14 bits per heavy atom. The van der Waals surface area contributed by atoms with Gasteiger partial charge in [0.15, 0.2) is 11.6 Å². The maximum atomic E-state index is 13.5. The molecule has 0 aliphatic carbocycles. The number of aromatic amines is 1. The number of pyridine rings is 2. The van der Waals surface area contributed by atoms with Gasteiger partial charge in [0.1, 0.15) is 22.7 Å². The maximum Gasteiger partial charge on any atom is 0.263 e. The third kappa shape index (κ3) is 4.58. The Bertz CT molecular complexity index is 1620. The standard InChI is InChI=1S/C25H17ClF2N4O3/c26-15-9-18-19(12-30-23(18)29-10-15)22-6-4-16(35-22)11-31-24(33)17-2-1-7-32(25(17)34)13-14-3-5-20(27)21(28)8-14/h1-10,12H,11,13H2,(H,29,30)(H,31,33). The second kappa shape index (κ2) is 9.19. The van der Waals surface area contributed by atoms with Gasteiger partial charge in [-0.25, -0.2) is 13.8 Å². The summed E-state index contributed by atoms with van der Waals surface area (Å²) < 4.78 is 33.8. The van der Waals surface area contributed by atoms with E-state index in [0.29, 0.717) is 27.8 Å². The molecule has 7 nitrogen and oxygen atoms in total. The number of amides is 1. The van der Waals surface area contributed by atoms with Crippen molar-refractivity contribution in [3.05, 3.63) is 111 Å². The van der Waals surface area contributed by atoms with E-state index in [1.54, 1.807) is 30.6 Å². The summed E-state index contributed by atoms with van der Waals surface area (Å²) in [5.74, 6) is -1.51. The third-order valence-electron chi connectivity index (χ3n) is 5.45. The fourth-order valence-corrected chi connectivity index (χ4v) is 3.89. The number of nitrogens with one attached hydrogen (secondary N) is 2. The molecular formula is C25H17ClF2N4O3. The SMILES string of the molecule is O=C(NCc1ccc(-c2c[nH]c3ncc(Cl)cc23)o1)c1cccn(Cc2ccc(F)c(F)c2)c1=O. The van der Waals surface area contributed by atoms with Crippen molar-refractivity contribution in [2.24, 2.45) is 0 Å². The topological polar surface area (TPSA) is 92.9 Å². The smallest absolute Gasteiger partial charge is 0.263 e. The van der Waals surface area contributed by atoms with Crippen LogP contribution in [0.15, 0.2) is 76.3 Å². The lowest BCUT2D eigenvalue weighted by atomic mass is 10.2. The van der Waals surface area contributed by atoms with E-state index in [4.69, 9.17) is 16.0 Å². The Labute approximate surface area is 202 Å². The molecular weight excluding hydrogens is 478 g/mol. The molecule has 0 atom stereocenters. The first-order valence-corrected chi connectivity index (χ1v) is 10.9. The van der Waals surface area contributed by atoms with Crippen LogP contribution in [0, 0.1) is 11.6 Å². The number of carbonyl (C=O) groups is 1. The first-order chi connectivity index (χ1) is 16.9. The van der Waals surface area contributed by atoms with Gasteiger partial charge < -0.3 is 19.3 Å². The minimum absolute atomic E-state index is 0.0117. The number of halogens is 3. The van der Waals surface area contributed by atoms with E-state index in [-0.39, 0.29) is 18.7 Å². The highest BCUT2D eigenvalue weighted by Gasteiger charge is 2.15. The zero-order valence-corrected chi connectivity index (χ0v) is 18.8. The normalized spacial score (nSPS) is 11.2. The van der Waals surface area contributed by atoms with Crippen LogP contribution in [-0.4, -0.2) is 20.4 Å². The number of carbonyl (C=O) groups excluding carboxylic acids is 1. The van der Waals surface area contributed by atoms with E-state index in [1.807, 2.05) is 0 Å². The van der Waals surface area contributed by atoms with Crippen molar-refractivity contribution in [1.82, 2.24) is 19.9 Å². The van der Waals surface area contributed by atoms with Gasteiger partial charge in [-0.15, -0.1) is 0 Å². The van der Waals surface area contributed by atoms with Crippen molar-refractivity contribution >= 4 is 28.5 Å². The first-order valence-electron chi connectivity index (χ1n) is 10.5. The summed E-state index contributed by atoms with van der Waals surface area (Å²) in [5, 5.41) is 3.97. The summed E-state index contributed by atoms with van der Waals surface area (Å²) in [5.41, 5.74) is 1.19. The van der Waals surface area contributed by atoms with Crippen LogP contribution in [-0.2, 0) is 13.1 Å². The number of hydrogen-bond donors (Lipinski definition) is 2. The largest absolute Gasteiger partial charge is 0.459 e. The van der Waals surface area contributed by atoms with E-state index in [1.165, 1.54) is 29.0 Å². The monoisotopic (exact) mass is 494 g/mol. The minimum Gasteiger partial charge on any atom is -0.459 e. The maximum absolute atomic E-state index is 13.5. The number of H-pyrrole nitrogens is 1. The molecule has 35 heavy (non-hydrogen) atoms. The Balaban J connectivity index is 1.30. The van der Waals surface area contributed by atoms with E-state index in [0.717, 1.165) is 23.1 Å². The fraction of sp³-hybridized carbons (Fsp3) is 0.0800. The number of furan rings is 1. The zero-order chi connectivity index (χ0) is 24.5. The molecule has 0 unspecified atom stereocenters. The summed E-state index contributed by atoms with van der Waals surface area (Å²) in [6.45, 7) is 0.0416. The Hall–Kier alpha value is -4.24. The molecule has 0 aliphatic rings. The first kappa shape index (κ1) is 22.5. The van der Waals surface area contributed by atoms with Gasteiger partial charge in [-0.05, 0) is 48.0 Å². The predicted molar refractivity (Wildman–Crippen MR) is 126 cm³/mol. The molecule has 4 heterocycles. The molecule has 0 spiro atoms. The fourth-order valence-electron chi connectivity index (χ4n) is 3.73. The summed E-state index contributed by atoms with van der Waals surface area (Å²) >= 11 is 6.05. The molecule has 1 aromatic carbocycles. The van der Waals surface area contributed by atoms with Crippen LogP contribution in [0.2, 0.25) is 5.02 Å². The Kier molecular flexibility index (Phi) is 5.92. The number of rotatable bonds is 6. The summed E-state index contributed by atoms with van der Waals surface area (Å²) in [6.07, 6.45) is 4.78. The van der Waals surface area contributed by atoms with E-state index in [9.17, 15) is 18.4 Å². The molecule has 176 valence electrons. The van der Waals surface area contributed by atoms with Gasteiger partial charge in [-0.2, -0.15) is 0 Å². The van der Waals surface area contributed by atoms with Crippen LogP contribution in [0.3, 0.4) is 0 Å². The molecule has 1 amide bonds. The van der Waals surface area contributed by atoms with E-state index < -0.39 is 23.1 Å². The summed E-state index contributed by atoms with van der Waals surface area (Å²) in [4.78, 5) is 32.7. The molecule has 5 aromatic rings. The lowest BCUT2D eigenvalue weighted by Gasteiger charge is -2.09. The molecule has 10 heteroatoms. The molecule has 0 saturated heterocycles. The van der Waals surface area contributed by atoms with Crippen LogP contribution in [0.4, 0.5) is 8.78 Å². The minimum atomic E-state index is -1.01. The molecule has 4 aromatic heterocycles. The lowest BCUT2D eigenvalue weighted by Crippen LogP contribution is -2.32. The van der Waals surface area contributed by atoms with Crippen LogP contribution < -0.4 is 10.9 Å². The third-order valence-corrected chi connectivity index (χ3v) is 5.66. The molecule has 0 saturated carbocycles. The number of aromatic nitrogens is 3. The van der Waals surface area contributed by atoms with Crippen molar-refractivity contribution in [3.8, 4) is 11.3 Å². The second-order valence-electron chi connectivity index (χ2n) is 7.80. The van der Waals surface area contributed by atoms with E-state index in [2.05, 4.69) is 15.3 Å². The molecule has 0 aliphatic heterocycles. The molecule has 0 fully saturated rings. The van der Waals surface area contributed by atoms with Crippen molar-refractivity contribution in [2.75, 3.05) is 0 Å². The average Bonchev–Trinajstić information content (AvgIpc) is 3.47. The number of fused-ring (bicyclic) bond motifs is 1. The number of nitrogens with zero attached hydrogens (tertiary/aromatic N) is 2. The summed E-state index contributed by atoms with van der Waals surface area (Å²) in [7, 11) is 0. The molecule has 0 radical (unpaired) electrons. The number of benzene rings is 1. The van der Waals surface area contributed by atoms with Crippen LogP contribution in [0.5, 0.6) is 0 Å².